The molecule has 88 valence electrons. The van der Waals surface area contributed by atoms with Crippen LogP contribution in [0.4, 0.5) is 5.69 Å². The van der Waals surface area contributed by atoms with Gasteiger partial charge in [0.05, 0.1) is 5.69 Å². The Morgan fingerprint density at radius 3 is 2.59 bits per heavy atom. The van der Waals surface area contributed by atoms with Gasteiger partial charge in [0.25, 0.3) is 0 Å². The number of rotatable bonds is 3. The number of nitrogens with zero attached hydrogens (tertiary/aromatic N) is 1. The van der Waals surface area contributed by atoms with Crippen molar-refractivity contribution in [2.24, 2.45) is 0 Å². The third kappa shape index (κ3) is 2.78. The summed E-state index contributed by atoms with van der Waals surface area (Å²) >= 11 is 2.62. The summed E-state index contributed by atoms with van der Waals surface area (Å²) < 4.78 is 0.727. The number of anilines is 1. The minimum Gasteiger partial charge on any atom is -0.477 e. The van der Waals surface area contributed by atoms with Crippen molar-refractivity contribution in [1.29, 1.82) is 0 Å². The Hall–Kier alpha value is -1.53. The predicted octanol–water partition coefficient (Wildman–Crippen LogP) is 2.88. The van der Waals surface area contributed by atoms with Crippen LogP contribution in [0.3, 0.4) is 0 Å². The van der Waals surface area contributed by atoms with E-state index in [1.807, 2.05) is 12.1 Å². The molecular formula is C11H10N2O2S2. The summed E-state index contributed by atoms with van der Waals surface area (Å²) in [6, 6.07) is 7.39. The number of aromatic nitrogens is 1. The fourth-order valence-electron chi connectivity index (χ4n) is 1.25. The highest BCUT2D eigenvalue weighted by Gasteiger charge is 2.14. The van der Waals surface area contributed by atoms with Crippen LogP contribution in [-0.4, -0.2) is 16.1 Å². The fraction of sp³-hybridized carbons (Fsp3) is 0.0909. The van der Waals surface area contributed by atoms with Crippen molar-refractivity contribution in [1.82, 2.24) is 4.98 Å². The number of aryl methyl sites for hydroxylation is 1. The molecule has 0 spiro atoms. The fourth-order valence-corrected chi connectivity index (χ4v) is 3.25. The maximum absolute atomic E-state index is 10.9. The van der Waals surface area contributed by atoms with Crippen LogP contribution in [0.1, 0.15) is 15.4 Å². The van der Waals surface area contributed by atoms with Gasteiger partial charge >= 0.3 is 5.97 Å². The second-order valence-electron chi connectivity index (χ2n) is 3.37. The summed E-state index contributed by atoms with van der Waals surface area (Å²) in [7, 11) is 0. The van der Waals surface area contributed by atoms with E-state index in [9.17, 15) is 4.79 Å². The number of nitrogen functional groups attached to an aromatic ring is 1. The summed E-state index contributed by atoms with van der Waals surface area (Å²) in [5, 5.41) is 8.93. The Labute approximate surface area is 106 Å². The monoisotopic (exact) mass is 266 g/mol. The molecule has 0 saturated heterocycles. The molecule has 0 unspecified atom stereocenters. The van der Waals surface area contributed by atoms with Gasteiger partial charge in [-0.25, -0.2) is 9.78 Å². The molecule has 1 aromatic heterocycles. The average molecular weight is 266 g/mol. The predicted molar refractivity (Wildman–Crippen MR) is 68.8 cm³/mol. The first kappa shape index (κ1) is 11.9. The van der Waals surface area contributed by atoms with E-state index in [0.29, 0.717) is 16.3 Å². The maximum Gasteiger partial charge on any atom is 0.347 e. The van der Waals surface area contributed by atoms with E-state index >= 15 is 0 Å². The zero-order valence-electron chi connectivity index (χ0n) is 9.01. The van der Waals surface area contributed by atoms with Crippen molar-refractivity contribution in [3.8, 4) is 0 Å². The Kier molecular flexibility index (Phi) is 3.35. The number of thiazole rings is 1. The van der Waals surface area contributed by atoms with Gasteiger partial charge in [0.15, 0.2) is 4.34 Å². The number of hydrogen-bond acceptors (Lipinski definition) is 5. The molecule has 0 aliphatic heterocycles. The van der Waals surface area contributed by atoms with E-state index in [4.69, 9.17) is 10.8 Å². The number of aromatic carboxylic acids is 1. The molecule has 6 heteroatoms. The quantitative estimate of drug-likeness (QED) is 0.835. The van der Waals surface area contributed by atoms with Crippen LogP contribution < -0.4 is 5.73 Å². The van der Waals surface area contributed by atoms with Gasteiger partial charge < -0.3 is 10.8 Å². The standard InChI is InChI=1S/C11H10N2O2S2/c1-6-9(10(14)15)17-11(13-6)16-8-4-2-7(12)3-5-8/h2-5H,12H2,1H3,(H,14,15). The van der Waals surface area contributed by atoms with Crippen LogP contribution in [0, 0.1) is 6.92 Å². The Morgan fingerprint density at radius 2 is 2.06 bits per heavy atom. The average Bonchev–Trinajstić information content (AvgIpc) is 2.63. The number of hydrogen-bond donors (Lipinski definition) is 2. The number of benzene rings is 1. The largest absolute Gasteiger partial charge is 0.477 e. The molecule has 0 amide bonds. The van der Waals surface area contributed by atoms with Crippen molar-refractivity contribution in [3.05, 3.63) is 34.8 Å². The zero-order valence-corrected chi connectivity index (χ0v) is 10.6. The molecule has 0 aliphatic rings. The number of carboxylic acid groups (broad SMARTS) is 1. The molecule has 1 heterocycles. The van der Waals surface area contributed by atoms with Crippen LogP contribution in [0.15, 0.2) is 33.5 Å². The second-order valence-corrected chi connectivity index (χ2v) is 5.69. The normalized spacial score (nSPS) is 10.4. The summed E-state index contributed by atoms with van der Waals surface area (Å²) in [6.07, 6.45) is 0. The zero-order chi connectivity index (χ0) is 12.4. The second kappa shape index (κ2) is 4.77. The molecule has 0 saturated carbocycles. The van der Waals surface area contributed by atoms with Gasteiger partial charge in [-0.1, -0.05) is 11.8 Å². The van der Waals surface area contributed by atoms with Gasteiger partial charge in [-0.3, -0.25) is 0 Å². The molecule has 3 N–H and O–H groups in total. The van der Waals surface area contributed by atoms with Crippen molar-refractivity contribution in [2.45, 2.75) is 16.2 Å². The van der Waals surface area contributed by atoms with Crippen LogP contribution in [-0.2, 0) is 0 Å². The molecule has 1 aromatic carbocycles. The minimum absolute atomic E-state index is 0.294. The number of carboxylic acids is 1. The molecule has 2 rings (SSSR count). The van der Waals surface area contributed by atoms with Crippen molar-refractivity contribution in [2.75, 3.05) is 5.73 Å². The van der Waals surface area contributed by atoms with Crippen LogP contribution in [0.25, 0.3) is 0 Å². The molecule has 0 bridgehead atoms. The molecule has 2 aromatic rings. The van der Waals surface area contributed by atoms with Gasteiger partial charge in [0.1, 0.15) is 4.88 Å². The first-order valence-corrected chi connectivity index (χ1v) is 6.43. The first-order valence-electron chi connectivity index (χ1n) is 4.80. The van der Waals surface area contributed by atoms with Gasteiger partial charge in [0.2, 0.25) is 0 Å². The van der Waals surface area contributed by atoms with E-state index in [-0.39, 0.29) is 0 Å². The summed E-state index contributed by atoms with van der Waals surface area (Å²) in [4.78, 5) is 16.4. The minimum atomic E-state index is -0.927. The van der Waals surface area contributed by atoms with Gasteiger partial charge in [-0.15, -0.1) is 11.3 Å². The van der Waals surface area contributed by atoms with Crippen molar-refractivity contribution in [3.63, 3.8) is 0 Å². The molecule has 17 heavy (non-hydrogen) atoms. The van der Waals surface area contributed by atoms with E-state index in [0.717, 1.165) is 9.24 Å². The lowest BCUT2D eigenvalue weighted by molar-refractivity contribution is 0.0701. The molecule has 0 aliphatic carbocycles. The molecular weight excluding hydrogens is 256 g/mol. The van der Waals surface area contributed by atoms with Crippen molar-refractivity contribution < 1.29 is 9.90 Å². The third-order valence-corrected chi connectivity index (χ3v) is 4.27. The number of nitrogens with two attached hydrogens (primary N) is 1. The van der Waals surface area contributed by atoms with Crippen LogP contribution in [0.2, 0.25) is 0 Å². The molecule has 0 fully saturated rings. The van der Waals surface area contributed by atoms with E-state index in [1.165, 1.54) is 23.1 Å². The highest BCUT2D eigenvalue weighted by Crippen LogP contribution is 2.33. The van der Waals surface area contributed by atoms with Gasteiger partial charge in [0, 0.05) is 10.6 Å². The third-order valence-electron chi connectivity index (χ3n) is 2.06. The lowest BCUT2D eigenvalue weighted by atomic mass is 10.3. The lowest BCUT2D eigenvalue weighted by Gasteiger charge is -1.97. The van der Waals surface area contributed by atoms with Gasteiger partial charge in [-0.05, 0) is 31.2 Å². The van der Waals surface area contributed by atoms with Crippen molar-refractivity contribution >= 4 is 34.8 Å². The molecule has 0 radical (unpaired) electrons. The van der Waals surface area contributed by atoms with E-state index in [1.54, 1.807) is 19.1 Å². The highest BCUT2D eigenvalue weighted by atomic mass is 32.2. The summed E-state index contributed by atoms with van der Waals surface area (Å²) in [5.41, 5.74) is 6.85. The van der Waals surface area contributed by atoms with Gasteiger partial charge in [-0.2, -0.15) is 0 Å². The van der Waals surface area contributed by atoms with Crippen LogP contribution >= 0.6 is 23.1 Å². The lowest BCUT2D eigenvalue weighted by Crippen LogP contribution is -1.94. The first-order chi connectivity index (χ1) is 8.06. The molecule has 0 atom stereocenters. The Balaban J connectivity index is 2.22. The smallest absolute Gasteiger partial charge is 0.347 e. The highest BCUT2D eigenvalue weighted by molar-refractivity contribution is 8.01. The van der Waals surface area contributed by atoms with Crippen LogP contribution in [0.5, 0.6) is 0 Å². The van der Waals surface area contributed by atoms with E-state index < -0.39 is 5.97 Å². The Morgan fingerprint density at radius 1 is 1.41 bits per heavy atom. The Bertz CT molecular complexity index is 549. The summed E-state index contributed by atoms with van der Waals surface area (Å²) in [6.45, 7) is 1.70. The topological polar surface area (TPSA) is 76.2 Å². The van der Waals surface area contributed by atoms with E-state index in [2.05, 4.69) is 4.98 Å². The summed E-state index contributed by atoms with van der Waals surface area (Å²) in [5.74, 6) is -0.927. The number of carbonyl (C=O) groups is 1. The SMILES string of the molecule is Cc1nc(Sc2ccc(N)cc2)sc1C(=O)O. The molecule has 4 nitrogen and oxygen atoms in total. The maximum atomic E-state index is 10.9.